The minimum atomic E-state index is -0.437. The summed E-state index contributed by atoms with van der Waals surface area (Å²) in [5.74, 6) is -0.375. The Bertz CT molecular complexity index is 718. The van der Waals surface area contributed by atoms with Crippen LogP contribution in [-0.4, -0.2) is 41.2 Å². The summed E-state index contributed by atoms with van der Waals surface area (Å²) in [6.07, 6.45) is 1.93. The fraction of sp³-hybridized carbons (Fsp3) is 0.286. The molecule has 0 aliphatic rings. The highest BCUT2D eigenvalue weighted by atomic mass is 32.2. The van der Waals surface area contributed by atoms with Crippen LogP contribution in [0, 0.1) is 6.92 Å². The van der Waals surface area contributed by atoms with E-state index in [-0.39, 0.29) is 11.7 Å². The third-order valence-corrected chi connectivity index (χ3v) is 5.85. The lowest BCUT2D eigenvalue weighted by Crippen LogP contribution is -2.15. The summed E-state index contributed by atoms with van der Waals surface area (Å²) in [7, 11) is 1.32. The maximum atomic E-state index is 12.1. The van der Waals surface area contributed by atoms with E-state index >= 15 is 0 Å². The lowest BCUT2D eigenvalue weighted by Gasteiger charge is -2.09. The highest BCUT2D eigenvalue weighted by molar-refractivity contribution is 8.03. The largest absolute Gasteiger partial charge is 0.465 e. The first-order valence-corrected chi connectivity index (χ1v) is 9.55. The zero-order chi connectivity index (χ0) is 16.8. The van der Waals surface area contributed by atoms with Crippen molar-refractivity contribution in [1.82, 2.24) is 10.2 Å². The quantitative estimate of drug-likeness (QED) is 0.619. The Labute approximate surface area is 146 Å². The van der Waals surface area contributed by atoms with Crippen LogP contribution in [0.15, 0.2) is 26.9 Å². The highest BCUT2D eigenvalue weighted by Crippen LogP contribution is 2.27. The molecule has 0 bridgehead atoms. The number of ether oxygens (including phenoxy) is 1. The molecule has 122 valence electrons. The number of amides is 1. The smallest absolute Gasteiger partial charge is 0.337 e. The number of hydrogen-bond donors (Lipinski definition) is 1. The van der Waals surface area contributed by atoms with Gasteiger partial charge in [-0.3, -0.25) is 4.79 Å². The van der Waals surface area contributed by atoms with Gasteiger partial charge in [0.05, 0.1) is 18.4 Å². The maximum Gasteiger partial charge on any atom is 0.337 e. The molecule has 0 spiro atoms. The number of aromatic nitrogens is 2. The Hall–Kier alpha value is -1.58. The molecule has 2 rings (SSSR count). The molecule has 0 fully saturated rings. The number of benzene rings is 1. The zero-order valence-corrected chi connectivity index (χ0v) is 15.2. The lowest BCUT2D eigenvalue weighted by atomic mass is 10.1. The molecule has 0 unspecified atom stereocenters. The van der Waals surface area contributed by atoms with Gasteiger partial charge in [0, 0.05) is 5.69 Å². The fourth-order valence-corrected chi connectivity index (χ4v) is 3.89. The van der Waals surface area contributed by atoms with Gasteiger partial charge in [-0.2, -0.15) is 0 Å². The van der Waals surface area contributed by atoms with Crippen LogP contribution in [0.25, 0.3) is 0 Å². The highest BCUT2D eigenvalue weighted by Gasteiger charge is 2.12. The molecular formula is C14H15N3O3S3. The number of aryl methyl sites for hydroxylation is 1. The van der Waals surface area contributed by atoms with Gasteiger partial charge in [0.15, 0.2) is 8.68 Å². The number of hydrogen-bond acceptors (Lipinski definition) is 8. The molecular weight excluding hydrogens is 354 g/mol. The number of rotatable bonds is 6. The van der Waals surface area contributed by atoms with E-state index in [1.54, 1.807) is 18.2 Å². The number of carbonyl (C=O) groups is 2. The SMILES string of the molecule is COC(=O)c1ccc(C)c(NC(=O)CSc2nnc(SC)s2)c1. The van der Waals surface area contributed by atoms with Crippen LogP contribution in [0.3, 0.4) is 0 Å². The van der Waals surface area contributed by atoms with Gasteiger partial charge in [-0.25, -0.2) is 4.79 Å². The van der Waals surface area contributed by atoms with Crippen LogP contribution >= 0.6 is 34.9 Å². The van der Waals surface area contributed by atoms with Gasteiger partial charge < -0.3 is 10.1 Å². The topological polar surface area (TPSA) is 81.2 Å². The minimum Gasteiger partial charge on any atom is -0.465 e. The summed E-state index contributed by atoms with van der Waals surface area (Å²) in [5, 5.41) is 10.8. The number of thioether (sulfide) groups is 2. The van der Waals surface area contributed by atoms with Crippen molar-refractivity contribution < 1.29 is 14.3 Å². The number of anilines is 1. The molecule has 0 saturated heterocycles. The van der Waals surface area contributed by atoms with Gasteiger partial charge >= 0.3 is 5.97 Å². The van der Waals surface area contributed by atoms with Crippen molar-refractivity contribution in [3.05, 3.63) is 29.3 Å². The second-order valence-corrected chi connectivity index (χ2v) is 7.65. The first-order valence-electron chi connectivity index (χ1n) is 6.52. The van der Waals surface area contributed by atoms with Crippen molar-refractivity contribution in [2.45, 2.75) is 15.6 Å². The van der Waals surface area contributed by atoms with Crippen molar-refractivity contribution in [2.24, 2.45) is 0 Å². The predicted molar refractivity (Wildman–Crippen MR) is 93.6 cm³/mol. The molecule has 23 heavy (non-hydrogen) atoms. The van der Waals surface area contributed by atoms with Gasteiger partial charge in [-0.15, -0.1) is 10.2 Å². The van der Waals surface area contributed by atoms with E-state index in [2.05, 4.69) is 20.3 Å². The molecule has 9 heteroatoms. The van der Waals surface area contributed by atoms with Crippen molar-refractivity contribution in [2.75, 3.05) is 24.4 Å². The van der Waals surface area contributed by atoms with Crippen molar-refractivity contribution in [1.29, 1.82) is 0 Å². The van der Waals surface area contributed by atoms with Crippen molar-refractivity contribution in [3.63, 3.8) is 0 Å². The van der Waals surface area contributed by atoms with Crippen molar-refractivity contribution in [3.8, 4) is 0 Å². The van der Waals surface area contributed by atoms with E-state index in [9.17, 15) is 9.59 Å². The summed E-state index contributed by atoms with van der Waals surface area (Å²) in [6, 6.07) is 5.04. The first-order chi connectivity index (χ1) is 11.0. The number of nitrogens with zero attached hydrogens (tertiary/aromatic N) is 2. The van der Waals surface area contributed by atoms with Crippen LogP contribution in [0.1, 0.15) is 15.9 Å². The van der Waals surface area contributed by atoms with Gasteiger partial charge in [-0.05, 0) is 30.9 Å². The molecule has 0 aliphatic heterocycles. The van der Waals surface area contributed by atoms with E-state index in [0.29, 0.717) is 11.3 Å². The third-order valence-electron chi connectivity index (χ3n) is 2.82. The molecule has 0 radical (unpaired) electrons. The summed E-state index contributed by atoms with van der Waals surface area (Å²) >= 11 is 4.31. The van der Waals surface area contributed by atoms with E-state index in [1.165, 1.54) is 42.0 Å². The fourth-order valence-electron chi connectivity index (χ4n) is 1.65. The minimum absolute atomic E-state index is 0.166. The predicted octanol–water partition coefficient (Wildman–Crippen LogP) is 3.09. The van der Waals surface area contributed by atoms with E-state index in [1.807, 2.05) is 13.2 Å². The Morgan fingerprint density at radius 1 is 1.30 bits per heavy atom. The molecule has 0 aliphatic carbocycles. The lowest BCUT2D eigenvalue weighted by molar-refractivity contribution is -0.113. The van der Waals surface area contributed by atoms with E-state index in [4.69, 9.17) is 0 Å². The molecule has 1 amide bonds. The first kappa shape index (κ1) is 17.8. The molecule has 1 N–H and O–H groups in total. The van der Waals surface area contributed by atoms with E-state index < -0.39 is 5.97 Å². The Balaban J connectivity index is 1.98. The normalized spacial score (nSPS) is 10.4. The third kappa shape index (κ3) is 4.95. The Morgan fingerprint density at radius 3 is 2.70 bits per heavy atom. The molecule has 2 aromatic rings. The summed E-state index contributed by atoms with van der Waals surface area (Å²) in [4.78, 5) is 23.6. The number of carbonyl (C=O) groups excluding carboxylic acids is 2. The van der Waals surface area contributed by atoms with Gasteiger partial charge in [0.1, 0.15) is 0 Å². The van der Waals surface area contributed by atoms with Crippen LogP contribution in [-0.2, 0) is 9.53 Å². The summed E-state index contributed by atoms with van der Waals surface area (Å²) < 4.78 is 6.31. The number of methoxy groups -OCH3 is 1. The van der Waals surface area contributed by atoms with Gasteiger partial charge in [0.2, 0.25) is 5.91 Å². The summed E-state index contributed by atoms with van der Waals surface area (Å²) in [6.45, 7) is 1.86. The Morgan fingerprint density at radius 2 is 2.04 bits per heavy atom. The maximum absolute atomic E-state index is 12.1. The average Bonchev–Trinajstić information content (AvgIpc) is 3.02. The number of esters is 1. The molecule has 1 aromatic carbocycles. The molecule has 1 aromatic heterocycles. The average molecular weight is 369 g/mol. The van der Waals surface area contributed by atoms with Crippen LogP contribution < -0.4 is 5.32 Å². The second kappa shape index (κ2) is 8.32. The molecule has 6 nitrogen and oxygen atoms in total. The number of nitrogens with one attached hydrogen (secondary N) is 1. The van der Waals surface area contributed by atoms with E-state index in [0.717, 1.165) is 14.2 Å². The monoisotopic (exact) mass is 369 g/mol. The molecule has 0 saturated carbocycles. The van der Waals surface area contributed by atoms with Gasteiger partial charge in [-0.1, -0.05) is 40.9 Å². The summed E-state index contributed by atoms with van der Waals surface area (Å²) in [5.41, 5.74) is 1.87. The molecule has 0 atom stereocenters. The van der Waals surface area contributed by atoms with Crippen LogP contribution in [0.5, 0.6) is 0 Å². The Kier molecular flexibility index (Phi) is 6.43. The van der Waals surface area contributed by atoms with Crippen LogP contribution in [0.4, 0.5) is 5.69 Å². The molecule has 1 heterocycles. The zero-order valence-electron chi connectivity index (χ0n) is 12.8. The van der Waals surface area contributed by atoms with Crippen molar-refractivity contribution >= 4 is 52.4 Å². The van der Waals surface area contributed by atoms with Gasteiger partial charge in [0.25, 0.3) is 0 Å². The standard InChI is InChI=1S/C14H15N3O3S3/c1-8-4-5-9(12(19)20-2)6-10(8)15-11(18)7-22-14-17-16-13(21-3)23-14/h4-6H,7H2,1-3H3,(H,15,18). The van der Waals surface area contributed by atoms with Crippen LogP contribution in [0.2, 0.25) is 0 Å². The second-order valence-electron chi connectivity index (χ2n) is 4.40.